The number of fused-ring (bicyclic) bond motifs is 1. The molecule has 0 atom stereocenters. The minimum Gasteiger partial charge on any atom is -0.495 e. The highest BCUT2D eigenvalue weighted by Gasteiger charge is 2.20. The first kappa shape index (κ1) is 18.0. The van der Waals surface area contributed by atoms with E-state index in [1.807, 2.05) is 18.2 Å². The maximum Gasteiger partial charge on any atom is 0.225 e. The third kappa shape index (κ3) is 3.95. The smallest absolute Gasteiger partial charge is 0.225 e. The van der Waals surface area contributed by atoms with E-state index in [2.05, 4.69) is 24.8 Å². The normalized spacial score (nSPS) is 13.0. The Labute approximate surface area is 163 Å². The molecule has 8 nitrogen and oxygen atoms in total. The molecule has 1 aliphatic rings. The molecule has 0 saturated carbocycles. The zero-order valence-electron chi connectivity index (χ0n) is 15.8. The van der Waals surface area contributed by atoms with Crippen LogP contribution in [0.4, 0.5) is 5.95 Å². The molecule has 0 N–H and O–H groups in total. The van der Waals surface area contributed by atoms with Gasteiger partial charge in [-0.2, -0.15) is 0 Å². The molecule has 4 rings (SSSR count). The Morgan fingerprint density at radius 2 is 1.64 bits per heavy atom. The summed E-state index contributed by atoms with van der Waals surface area (Å²) in [6.07, 6.45) is 7.64. The number of aromatic nitrogens is 4. The molecule has 0 aliphatic carbocycles. The van der Waals surface area contributed by atoms with Crippen molar-refractivity contribution in [2.45, 2.75) is 19.6 Å². The fraction of sp³-hybridized carbons (Fsp3) is 0.300. The van der Waals surface area contributed by atoms with Crippen molar-refractivity contribution < 1.29 is 14.2 Å². The summed E-state index contributed by atoms with van der Waals surface area (Å²) in [7, 11) is 3.22. The van der Waals surface area contributed by atoms with Crippen LogP contribution in [0.5, 0.6) is 17.2 Å². The van der Waals surface area contributed by atoms with E-state index in [1.165, 1.54) is 0 Å². The van der Waals surface area contributed by atoms with Gasteiger partial charge in [-0.25, -0.2) is 9.97 Å². The average Bonchev–Trinajstić information content (AvgIpc) is 2.77. The van der Waals surface area contributed by atoms with E-state index in [4.69, 9.17) is 14.2 Å². The Morgan fingerprint density at radius 1 is 0.893 bits per heavy atom. The van der Waals surface area contributed by atoms with Crippen LogP contribution < -0.4 is 19.1 Å². The van der Waals surface area contributed by atoms with Gasteiger partial charge in [0, 0.05) is 25.2 Å². The summed E-state index contributed by atoms with van der Waals surface area (Å²) in [5.74, 6) is 2.76. The summed E-state index contributed by atoms with van der Waals surface area (Å²) in [6.45, 7) is 1.88. The van der Waals surface area contributed by atoms with Crippen molar-refractivity contribution in [3.05, 3.63) is 59.9 Å². The van der Waals surface area contributed by atoms with Crippen LogP contribution in [-0.2, 0) is 19.6 Å². The molecule has 0 spiro atoms. The fourth-order valence-electron chi connectivity index (χ4n) is 3.01. The second kappa shape index (κ2) is 8.08. The molecule has 3 aromatic heterocycles. The average molecular weight is 379 g/mol. The first-order chi connectivity index (χ1) is 13.7. The first-order valence-electron chi connectivity index (χ1n) is 8.95. The number of pyridine rings is 2. The first-order valence-corrected chi connectivity index (χ1v) is 8.95. The summed E-state index contributed by atoms with van der Waals surface area (Å²) in [5.41, 5.74) is 3.03. The number of hydrogen-bond acceptors (Lipinski definition) is 8. The molecule has 0 radical (unpaired) electrons. The van der Waals surface area contributed by atoms with Crippen molar-refractivity contribution in [1.82, 2.24) is 19.9 Å². The molecular weight excluding hydrogens is 358 g/mol. The van der Waals surface area contributed by atoms with Gasteiger partial charge in [0.2, 0.25) is 5.95 Å². The van der Waals surface area contributed by atoms with Crippen LogP contribution in [0.15, 0.2) is 43.0 Å². The van der Waals surface area contributed by atoms with Gasteiger partial charge in [-0.1, -0.05) is 0 Å². The molecule has 3 aromatic rings. The Hall–Kier alpha value is -3.42. The molecule has 4 heterocycles. The van der Waals surface area contributed by atoms with Gasteiger partial charge in [0.1, 0.15) is 18.1 Å². The monoisotopic (exact) mass is 379 g/mol. The van der Waals surface area contributed by atoms with Gasteiger partial charge in [0.05, 0.1) is 44.7 Å². The fourth-order valence-corrected chi connectivity index (χ4v) is 3.01. The zero-order chi connectivity index (χ0) is 19.3. The molecule has 1 aliphatic heterocycles. The van der Waals surface area contributed by atoms with E-state index in [0.717, 1.165) is 35.7 Å². The molecule has 144 valence electrons. The van der Waals surface area contributed by atoms with Gasteiger partial charge < -0.3 is 19.1 Å². The van der Waals surface area contributed by atoms with Gasteiger partial charge in [0.25, 0.3) is 0 Å². The minimum absolute atomic E-state index is 0.371. The second-order valence-electron chi connectivity index (χ2n) is 6.35. The van der Waals surface area contributed by atoms with E-state index < -0.39 is 0 Å². The third-order valence-electron chi connectivity index (χ3n) is 4.57. The topological polar surface area (TPSA) is 82.5 Å². The SMILES string of the molecule is COc1ccc(COc2cnc3c(c2)CN(c2ncc(OC)cn2)CC3)nc1. The minimum atomic E-state index is 0.371. The van der Waals surface area contributed by atoms with E-state index >= 15 is 0 Å². The second-order valence-corrected chi connectivity index (χ2v) is 6.35. The molecule has 28 heavy (non-hydrogen) atoms. The summed E-state index contributed by atoms with van der Waals surface area (Å²) < 4.78 is 16.1. The van der Waals surface area contributed by atoms with Crippen LogP contribution in [-0.4, -0.2) is 40.7 Å². The highest BCUT2D eigenvalue weighted by atomic mass is 16.5. The highest BCUT2D eigenvalue weighted by molar-refractivity contribution is 5.40. The van der Waals surface area contributed by atoms with Crippen LogP contribution in [0, 0.1) is 0 Å². The van der Waals surface area contributed by atoms with Crippen molar-refractivity contribution in [1.29, 1.82) is 0 Å². The molecule has 0 unspecified atom stereocenters. The molecular formula is C20H21N5O3. The van der Waals surface area contributed by atoms with Crippen molar-refractivity contribution in [3.63, 3.8) is 0 Å². The van der Waals surface area contributed by atoms with Crippen molar-refractivity contribution in [2.75, 3.05) is 25.7 Å². The Kier molecular flexibility index (Phi) is 5.18. The van der Waals surface area contributed by atoms with Crippen molar-refractivity contribution in [2.24, 2.45) is 0 Å². The van der Waals surface area contributed by atoms with Crippen LogP contribution in [0.1, 0.15) is 17.0 Å². The molecule has 0 aromatic carbocycles. The Morgan fingerprint density at radius 3 is 2.36 bits per heavy atom. The molecule has 0 bridgehead atoms. The lowest BCUT2D eigenvalue weighted by Crippen LogP contribution is -2.32. The lowest BCUT2D eigenvalue weighted by molar-refractivity contribution is 0.299. The van der Waals surface area contributed by atoms with Gasteiger partial charge in [-0.15, -0.1) is 0 Å². The van der Waals surface area contributed by atoms with E-state index in [9.17, 15) is 0 Å². The lowest BCUT2D eigenvalue weighted by Gasteiger charge is -2.28. The summed E-state index contributed by atoms with van der Waals surface area (Å²) in [6, 6.07) is 5.78. The van der Waals surface area contributed by atoms with Gasteiger partial charge in [0.15, 0.2) is 5.75 Å². The molecule has 0 fully saturated rings. The third-order valence-corrected chi connectivity index (χ3v) is 4.57. The van der Waals surface area contributed by atoms with Gasteiger partial charge in [-0.3, -0.25) is 9.97 Å². The highest BCUT2D eigenvalue weighted by Crippen LogP contribution is 2.25. The maximum atomic E-state index is 5.87. The zero-order valence-corrected chi connectivity index (χ0v) is 15.8. The van der Waals surface area contributed by atoms with E-state index in [1.54, 1.807) is 39.0 Å². The van der Waals surface area contributed by atoms with Crippen molar-refractivity contribution >= 4 is 5.95 Å². The number of methoxy groups -OCH3 is 2. The number of rotatable bonds is 6. The standard InChI is InChI=1S/C20H21N5O3/c1-26-16-4-3-15(21-8-16)13-28-17-7-14-12-25(6-5-19(14)22-9-17)20-23-10-18(27-2)11-24-20/h3-4,7-11H,5-6,12-13H2,1-2H3. The van der Waals surface area contributed by atoms with Crippen molar-refractivity contribution in [3.8, 4) is 17.2 Å². The van der Waals surface area contributed by atoms with Crippen LogP contribution in [0.3, 0.4) is 0 Å². The summed E-state index contributed by atoms with van der Waals surface area (Å²) in [4.78, 5) is 19.8. The van der Waals surface area contributed by atoms with Crippen LogP contribution in [0.25, 0.3) is 0 Å². The molecule has 0 amide bonds. The Balaban J connectivity index is 1.43. The number of anilines is 1. The quantitative estimate of drug-likeness (QED) is 0.646. The largest absolute Gasteiger partial charge is 0.495 e. The van der Waals surface area contributed by atoms with E-state index in [0.29, 0.717) is 30.6 Å². The molecule has 8 heteroatoms. The number of hydrogen-bond donors (Lipinski definition) is 0. The van der Waals surface area contributed by atoms with Gasteiger partial charge >= 0.3 is 0 Å². The Bertz CT molecular complexity index is 932. The maximum absolute atomic E-state index is 5.87. The summed E-state index contributed by atoms with van der Waals surface area (Å²) >= 11 is 0. The van der Waals surface area contributed by atoms with Crippen LogP contribution in [0.2, 0.25) is 0 Å². The number of ether oxygens (including phenoxy) is 3. The van der Waals surface area contributed by atoms with Gasteiger partial charge in [-0.05, 0) is 23.8 Å². The molecule has 0 saturated heterocycles. The van der Waals surface area contributed by atoms with Crippen LogP contribution >= 0.6 is 0 Å². The number of nitrogens with zero attached hydrogens (tertiary/aromatic N) is 5. The van der Waals surface area contributed by atoms with E-state index in [-0.39, 0.29) is 0 Å². The predicted molar refractivity (Wildman–Crippen MR) is 103 cm³/mol. The summed E-state index contributed by atoms with van der Waals surface area (Å²) in [5, 5.41) is 0. The lowest BCUT2D eigenvalue weighted by atomic mass is 10.1. The predicted octanol–water partition coefficient (Wildman–Crippen LogP) is 2.43.